The number of anilines is 1. The summed E-state index contributed by atoms with van der Waals surface area (Å²) in [4.78, 5) is 17.9. The molecule has 0 spiro atoms. The number of piperazine rings is 1. The molecule has 1 N–H and O–H groups in total. The average Bonchev–Trinajstić information content (AvgIpc) is 3.40. The van der Waals surface area contributed by atoms with Crippen molar-refractivity contribution in [2.75, 3.05) is 31.1 Å². The SMILES string of the molecule is CC(C)C(O)c1cc2nc(-c3cnn(C(F)F)c3)c(N3CCN(Cc4ccc(F)cc4F)CC3)nc2cn1. The highest BCUT2D eigenvalue weighted by Gasteiger charge is 2.25. The van der Waals surface area contributed by atoms with Gasteiger partial charge in [0.1, 0.15) is 22.8 Å². The van der Waals surface area contributed by atoms with E-state index >= 15 is 0 Å². The lowest BCUT2D eigenvalue weighted by Gasteiger charge is -2.36. The lowest BCUT2D eigenvalue weighted by atomic mass is 10.0. The first kappa shape index (κ1) is 26.0. The third kappa shape index (κ3) is 5.32. The van der Waals surface area contributed by atoms with E-state index in [0.717, 1.165) is 6.07 Å². The molecule has 1 aliphatic heterocycles. The third-order valence-electron chi connectivity index (χ3n) is 6.64. The van der Waals surface area contributed by atoms with Gasteiger partial charge in [-0.2, -0.15) is 13.9 Å². The Hall–Kier alpha value is -3.64. The Kier molecular flexibility index (Phi) is 7.26. The summed E-state index contributed by atoms with van der Waals surface area (Å²) in [5, 5.41) is 14.2. The van der Waals surface area contributed by atoms with Gasteiger partial charge in [-0.15, -0.1) is 0 Å². The molecule has 200 valence electrons. The summed E-state index contributed by atoms with van der Waals surface area (Å²) in [5.74, 6) is -0.761. The second-order valence-electron chi connectivity index (χ2n) is 9.67. The molecule has 0 saturated carbocycles. The molecule has 3 aromatic heterocycles. The number of alkyl halides is 2. The van der Waals surface area contributed by atoms with Gasteiger partial charge < -0.3 is 10.0 Å². The van der Waals surface area contributed by atoms with Gasteiger partial charge in [0, 0.05) is 56.1 Å². The van der Waals surface area contributed by atoms with Gasteiger partial charge in [0.15, 0.2) is 5.82 Å². The summed E-state index contributed by atoms with van der Waals surface area (Å²) in [7, 11) is 0. The number of aliphatic hydroxyl groups is 1. The molecule has 38 heavy (non-hydrogen) atoms. The zero-order valence-corrected chi connectivity index (χ0v) is 20.9. The monoisotopic (exact) mass is 529 g/mol. The van der Waals surface area contributed by atoms with Crippen LogP contribution < -0.4 is 4.90 Å². The molecule has 8 nitrogen and oxygen atoms in total. The maximum atomic E-state index is 14.1. The molecule has 1 unspecified atom stereocenters. The van der Waals surface area contributed by atoms with Crippen LogP contribution in [-0.4, -0.2) is 60.9 Å². The molecule has 0 bridgehead atoms. The number of nitrogens with zero attached hydrogens (tertiary/aromatic N) is 7. The van der Waals surface area contributed by atoms with E-state index in [0.29, 0.717) is 76.8 Å². The minimum atomic E-state index is -2.80. The Morgan fingerprint density at radius 1 is 0.974 bits per heavy atom. The van der Waals surface area contributed by atoms with Crippen LogP contribution in [0.3, 0.4) is 0 Å². The van der Waals surface area contributed by atoms with Crippen molar-refractivity contribution >= 4 is 16.9 Å². The van der Waals surface area contributed by atoms with Crippen LogP contribution in [0.4, 0.5) is 23.4 Å². The summed E-state index contributed by atoms with van der Waals surface area (Å²) in [6.45, 7) is 3.48. The van der Waals surface area contributed by atoms with Crippen LogP contribution in [-0.2, 0) is 6.54 Å². The topological polar surface area (TPSA) is 83.2 Å². The molecule has 0 aliphatic carbocycles. The van der Waals surface area contributed by atoms with Gasteiger partial charge in [0.25, 0.3) is 0 Å². The van der Waals surface area contributed by atoms with Gasteiger partial charge in [-0.3, -0.25) is 9.88 Å². The summed E-state index contributed by atoms with van der Waals surface area (Å²) in [6, 6.07) is 5.22. The summed E-state index contributed by atoms with van der Waals surface area (Å²) < 4.78 is 54.5. The maximum absolute atomic E-state index is 14.1. The van der Waals surface area contributed by atoms with E-state index in [1.807, 2.05) is 18.7 Å². The molecule has 4 aromatic rings. The molecule has 0 amide bonds. The van der Waals surface area contributed by atoms with E-state index in [1.54, 1.807) is 12.3 Å². The number of aliphatic hydroxyl groups excluding tert-OH is 1. The molecule has 1 fully saturated rings. The fourth-order valence-electron chi connectivity index (χ4n) is 4.46. The Morgan fingerprint density at radius 3 is 2.39 bits per heavy atom. The largest absolute Gasteiger partial charge is 0.387 e. The second-order valence-corrected chi connectivity index (χ2v) is 9.67. The van der Waals surface area contributed by atoms with E-state index in [9.17, 15) is 22.7 Å². The third-order valence-corrected chi connectivity index (χ3v) is 6.64. The number of aromatic nitrogens is 5. The van der Waals surface area contributed by atoms with Crippen LogP contribution in [0.1, 0.15) is 37.8 Å². The van der Waals surface area contributed by atoms with Crippen LogP contribution in [0.5, 0.6) is 0 Å². The zero-order valence-electron chi connectivity index (χ0n) is 20.9. The molecular formula is C26H27F4N7O. The Labute approximate surface area is 216 Å². The van der Waals surface area contributed by atoms with E-state index in [4.69, 9.17) is 9.97 Å². The van der Waals surface area contributed by atoms with Crippen molar-refractivity contribution in [1.82, 2.24) is 29.6 Å². The highest BCUT2D eigenvalue weighted by atomic mass is 19.3. The molecule has 1 saturated heterocycles. The number of benzene rings is 1. The Morgan fingerprint density at radius 2 is 1.74 bits per heavy atom. The van der Waals surface area contributed by atoms with Crippen LogP contribution in [0.2, 0.25) is 0 Å². The van der Waals surface area contributed by atoms with E-state index in [2.05, 4.69) is 15.0 Å². The number of pyridine rings is 1. The second kappa shape index (κ2) is 10.6. The molecule has 0 radical (unpaired) electrons. The van der Waals surface area contributed by atoms with Crippen molar-refractivity contribution in [3.63, 3.8) is 0 Å². The van der Waals surface area contributed by atoms with Crippen LogP contribution in [0.25, 0.3) is 22.3 Å². The van der Waals surface area contributed by atoms with Crippen molar-refractivity contribution in [2.45, 2.75) is 33.0 Å². The highest BCUT2D eigenvalue weighted by molar-refractivity contribution is 5.83. The fraction of sp³-hybridized carbons (Fsp3) is 0.385. The predicted molar refractivity (Wildman–Crippen MR) is 133 cm³/mol. The first-order valence-electron chi connectivity index (χ1n) is 12.3. The normalized spacial score (nSPS) is 15.7. The summed E-state index contributed by atoms with van der Waals surface area (Å²) in [5.41, 5.74) is 2.61. The van der Waals surface area contributed by atoms with Gasteiger partial charge in [-0.1, -0.05) is 19.9 Å². The first-order valence-corrected chi connectivity index (χ1v) is 12.3. The average molecular weight is 530 g/mol. The lowest BCUT2D eigenvalue weighted by molar-refractivity contribution is 0.0566. The zero-order chi connectivity index (χ0) is 27.0. The quantitative estimate of drug-likeness (QED) is 0.351. The molecule has 1 aliphatic rings. The van der Waals surface area contributed by atoms with E-state index in [1.165, 1.54) is 24.5 Å². The van der Waals surface area contributed by atoms with Gasteiger partial charge >= 0.3 is 6.55 Å². The molecule has 12 heteroatoms. The van der Waals surface area contributed by atoms with Crippen molar-refractivity contribution < 1.29 is 22.7 Å². The lowest BCUT2D eigenvalue weighted by Crippen LogP contribution is -2.46. The molecule has 1 aromatic carbocycles. The minimum Gasteiger partial charge on any atom is -0.387 e. The van der Waals surface area contributed by atoms with Crippen molar-refractivity contribution in [3.05, 3.63) is 65.7 Å². The minimum absolute atomic E-state index is 0.0596. The predicted octanol–water partition coefficient (Wildman–Crippen LogP) is 4.57. The van der Waals surface area contributed by atoms with Crippen molar-refractivity contribution in [1.29, 1.82) is 0 Å². The first-order chi connectivity index (χ1) is 18.2. The number of hydrogen-bond donors (Lipinski definition) is 1. The fourth-order valence-corrected chi connectivity index (χ4v) is 4.46. The smallest absolute Gasteiger partial charge is 0.333 e. The highest BCUT2D eigenvalue weighted by Crippen LogP contribution is 2.32. The van der Waals surface area contributed by atoms with Crippen LogP contribution in [0.15, 0.2) is 42.9 Å². The van der Waals surface area contributed by atoms with Crippen LogP contribution in [0, 0.1) is 17.6 Å². The van der Waals surface area contributed by atoms with Crippen LogP contribution >= 0.6 is 0 Å². The number of rotatable bonds is 7. The number of hydrogen-bond acceptors (Lipinski definition) is 7. The number of fused-ring (bicyclic) bond motifs is 1. The van der Waals surface area contributed by atoms with Crippen molar-refractivity contribution in [2.24, 2.45) is 5.92 Å². The van der Waals surface area contributed by atoms with Gasteiger partial charge in [0.2, 0.25) is 0 Å². The Bertz CT molecular complexity index is 1440. The molecule has 1 atom stereocenters. The van der Waals surface area contributed by atoms with Gasteiger partial charge in [-0.05, 0) is 18.1 Å². The number of halogens is 4. The summed E-state index contributed by atoms with van der Waals surface area (Å²) >= 11 is 0. The molecule has 5 rings (SSSR count). The van der Waals surface area contributed by atoms with Crippen molar-refractivity contribution in [3.8, 4) is 11.3 Å². The Balaban J connectivity index is 1.45. The van der Waals surface area contributed by atoms with Gasteiger partial charge in [-0.25, -0.2) is 23.4 Å². The molecular weight excluding hydrogens is 502 g/mol. The standard InChI is InChI=1S/C26H27F4N7O/c1-15(2)24(38)21-10-20-22(12-31-21)34-25(23(33-20)17-11-32-37(14-17)26(29)30)36-7-5-35(6-8-36)13-16-3-4-18(27)9-19(16)28/h3-4,9-12,14-15,24,26,38H,5-8,13H2,1-2H3. The van der Waals surface area contributed by atoms with E-state index in [-0.39, 0.29) is 5.92 Å². The van der Waals surface area contributed by atoms with E-state index < -0.39 is 24.3 Å². The maximum Gasteiger partial charge on any atom is 0.333 e. The summed E-state index contributed by atoms with van der Waals surface area (Å²) in [6.07, 6.45) is 3.31. The molecule has 4 heterocycles. The van der Waals surface area contributed by atoms with Gasteiger partial charge in [0.05, 0.1) is 29.7 Å².